The molecule has 0 atom stereocenters. The Morgan fingerprint density at radius 2 is 2.09 bits per heavy atom. The standard InChI is InChI=1S/C15H21ClFN3O2/c1-2-19-6-8-20(9-7-19)15(21)18-5-10-22-14-4-3-12(17)11-13(14)16/h3-4,11H,2,5-10H2,1H3,(H,18,21). The lowest BCUT2D eigenvalue weighted by atomic mass is 10.3. The second-order valence-electron chi connectivity index (χ2n) is 5.08. The third-order valence-corrected chi connectivity index (χ3v) is 3.93. The molecule has 1 aliphatic rings. The van der Waals surface area contributed by atoms with Gasteiger partial charge in [-0.25, -0.2) is 9.18 Å². The van der Waals surface area contributed by atoms with Crippen molar-refractivity contribution in [3.8, 4) is 5.75 Å². The third-order valence-electron chi connectivity index (χ3n) is 3.64. The number of amides is 2. The maximum Gasteiger partial charge on any atom is 0.317 e. The lowest BCUT2D eigenvalue weighted by molar-refractivity contribution is 0.142. The van der Waals surface area contributed by atoms with Crippen molar-refractivity contribution in [1.82, 2.24) is 15.1 Å². The Hall–Kier alpha value is -1.53. The predicted octanol–water partition coefficient (Wildman–Crippen LogP) is 2.21. The van der Waals surface area contributed by atoms with Crippen LogP contribution in [-0.2, 0) is 0 Å². The highest BCUT2D eigenvalue weighted by atomic mass is 35.5. The molecule has 5 nitrogen and oxygen atoms in total. The maximum absolute atomic E-state index is 12.9. The maximum atomic E-state index is 12.9. The fourth-order valence-electron chi connectivity index (χ4n) is 2.29. The van der Waals surface area contributed by atoms with Gasteiger partial charge in [0, 0.05) is 26.2 Å². The van der Waals surface area contributed by atoms with Crippen LogP contribution in [0.1, 0.15) is 6.92 Å². The molecule has 1 aromatic rings. The first-order valence-electron chi connectivity index (χ1n) is 7.43. The largest absolute Gasteiger partial charge is 0.490 e. The number of ether oxygens (including phenoxy) is 1. The summed E-state index contributed by atoms with van der Waals surface area (Å²) in [5, 5.41) is 3.04. The number of likely N-dealkylation sites (N-methyl/N-ethyl adjacent to an activating group) is 1. The molecule has 7 heteroatoms. The minimum absolute atomic E-state index is 0.0791. The van der Waals surface area contributed by atoms with E-state index in [2.05, 4.69) is 17.1 Å². The zero-order valence-electron chi connectivity index (χ0n) is 12.6. The summed E-state index contributed by atoms with van der Waals surface area (Å²) in [4.78, 5) is 16.1. The van der Waals surface area contributed by atoms with Gasteiger partial charge in [-0.1, -0.05) is 18.5 Å². The first kappa shape index (κ1) is 16.8. The van der Waals surface area contributed by atoms with E-state index in [1.54, 1.807) is 4.90 Å². The molecule has 0 aromatic heterocycles. The Bertz CT molecular complexity index is 508. The minimum atomic E-state index is -0.406. The molecule has 0 aliphatic carbocycles. The molecule has 0 radical (unpaired) electrons. The van der Waals surface area contributed by atoms with E-state index >= 15 is 0 Å². The normalized spacial score (nSPS) is 15.7. The molecule has 0 bridgehead atoms. The summed E-state index contributed by atoms with van der Waals surface area (Å²) in [5.74, 6) is 0.00532. The number of rotatable bonds is 5. The number of urea groups is 1. The van der Waals surface area contributed by atoms with Gasteiger partial charge in [0.25, 0.3) is 0 Å². The second-order valence-corrected chi connectivity index (χ2v) is 5.48. The van der Waals surface area contributed by atoms with Gasteiger partial charge in [-0.2, -0.15) is 0 Å². The Labute approximate surface area is 135 Å². The lowest BCUT2D eigenvalue weighted by Crippen LogP contribution is -2.52. The van der Waals surface area contributed by atoms with Crippen LogP contribution in [-0.4, -0.2) is 61.7 Å². The average molecular weight is 330 g/mol. The van der Waals surface area contributed by atoms with Gasteiger partial charge in [-0.3, -0.25) is 0 Å². The number of halogens is 2. The Kier molecular flexibility index (Phi) is 6.27. The van der Waals surface area contributed by atoms with Crippen LogP contribution in [0.15, 0.2) is 18.2 Å². The van der Waals surface area contributed by atoms with Gasteiger partial charge in [-0.15, -0.1) is 0 Å². The summed E-state index contributed by atoms with van der Waals surface area (Å²) in [6, 6.07) is 3.88. The van der Waals surface area contributed by atoms with Crippen LogP contribution in [0, 0.1) is 5.82 Å². The molecule has 1 heterocycles. The molecule has 1 aromatic carbocycles. The smallest absolute Gasteiger partial charge is 0.317 e. The molecule has 1 aliphatic heterocycles. The number of benzene rings is 1. The Morgan fingerprint density at radius 3 is 2.73 bits per heavy atom. The molecular weight excluding hydrogens is 309 g/mol. The SMILES string of the molecule is CCN1CCN(C(=O)NCCOc2ccc(F)cc2Cl)CC1. The second kappa shape index (κ2) is 8.19. The highest BCUT2D eigenvalue weighted by molar-refractivity contribution is 6.32. The van der Waals surface area contributed by atoms with Crippen molar-refractivity contribution in [3.63, 3.8) is 0 Å². The number of nitrogens with one attached hydrogen (secondary N) is 1. The first-order valence-corrected chi connectivity index (χ1v) is 7.81. The molecule has 122 valence electrons. The zero-order chi connectivity index (χ0) is 15.9. The van der Waals surface area contributed by atoms with E-state index in [1.165, 1.54) is 18.2 Å². The van der Waals surface area contributed by atoms with Crippen molar-refractivity contribution < 1.29 is 13.9 Å². The Balaban J connectivity index is 1.67. The van der Waals surface area contributed by atoms with Crippen molar-refractivity contribution in [2.24, 2.45) is 0 Å². The van der Waals surface area contributed by atoms with Crippen LogP contribution in [0.4, 0.5) is 9.18 Å². The average Bonchev–Trinajstić information content (AvgIpc) is 2.53. The number of hydrogen-bond donors (Lipinski definition) is 1. The number of hydrogen-bond acceptors (Lipinski definition) is 3. The fraction of sp³-hybridized carbons (Fsp3) is 0.533. The fourth-order valence-corrected chi connectivity index (χ4v) is 2.51. The molecule has 1 fully saturated rings. The van der Waals surface area contributed by atoms with E-state index < -0.39 is 5.82 Å². The predicted molar refractivity (Wildman–Crippen MR) is 84.0 cm³/mol. The van der Waals surface area contributed by atoms with Crippen molar-refractivity contribution in [2.45, 2.75) is 6.92 Å². The molecular formula is C15H21ClFN3O2. The quantitative estimate of drug-likeness (QED) is 0.842. The van der Waals surface area contributed by atoms with Crippen LogP contribution in [0.25, 0.3) is 0 Å². The summed E-state index contributed by atoms with van der Waals surface area (Å²) in [7, 11) is 0. The van der Waals surface area contributed by atoms with E-state index in [9.17, 15) is 9.18 Å². The first-order chi connectivity index (χ1) is 10.6. The van der Waals surface area contributed by atoms with E-state index in [0.717, 1.165) is 32.7 Å². The van der Waals surface area contributed by atoms with E-state index in [4.69, 9.17) is 16.3 Å². The molecule has 2 rings (SSSR count). The van der Waals surface area contributed by atoms with Crippen molar-refractivity contribution in [3.05, 3.63) is 29.0 Å². The molecule has 22 heavy (non-hydrogen) atoms. The summed E-state index contributed by atoms with van der Waals surface area (Å²) in [6.07, 6.45) is 0. The van der Waals surface area contributed by atoms with E-state index in [1.807, 2.05) is 0 Å². The van der Waals surface area contributed by atoms with Gasteiger partial charge in [0.1, 0.15) is 18.2 Å². The zero-order valence-corrected chi connectivity index (χ0v) is 13.4. The Morgan fingerprint density at radius 1 is 1.36 bits per heavy atom. The van der Waals surface area contributed by atoms with Crippen molar-refractivity contribution >= 4 is 17.6 Å². The summed E-state index contributed by atoms with van der Waals surface area (Å²) >= 11 is 5.85. The van der Waals surface area contributed by atoms with Crippen LogP contribution in [0.5, 0.6) is 5.75 Å². The highest BCUT2D eigenvalue weighted by Crippen LogP contribution is 2.24. The monoisotopic (exact) mass is 329 g/mol. The van der Waals surface area contributed by atoms with Crippen LogP contribution in [0.3, 0.4) is 0 Å². The van der Waals surface area contributed by atoms with Gasteiger partial charge >= 0.3 is 6.03 Å². The summed E-state index contributed by atoms with van der Waals surface area (Å²) < 4.78 is 18.3. The van der Waals surface area contributed by atoms with Crippen molar-refractivity contribution in [1.29, 1.82) is 0 Å². The van der Waals surface area contributed by atoms with Gasteiger partial charge in [0.05, 0.1) is 11.6 Å². The molecule has 0 unspecified atom stereocenters. The van der Waals surface area contributed by atoms with E-state index in [-0.39, 0.29) is 17.7 Å². The molecule has 0 spiro atoms. The van der Waals surface area contributed by atoms with E-state index in [0.29, 0.717) is 12.3 Å². The molecule has 0 saturated carbocycles. The van der Waals surface area contributed by atoms with Gasteiger partial charge in [0.15, 0.2) is 0 Å². The molecule has 2 amide bonds. The van der Waals surface area contributed by atoms with Gasteiger partial charge in [-0.05, 0) is 24.7 Å². The molecule has 1 saturated heterocycles. The summed E-state index contributed by atoms with van der Waals surface area (Å²) in [6.45, 7) is 7.09. The van der Waals surface area contributed by atoms with Crippen LogP contribution in [0.2, 0.25) is 5.02 Å². The van der Waals surface area contributed by atoms with Gasteiger partial charge < -0.3 is 19.9 Å². The molecule has 1 N–H and O–H groups in total. The number of piperazine rings is 1. The highest BCUT2D eigenvalue weighted by Gasteiger charge is 2.19. The van der Waals surface area contributed by atoms with Crippen molar-refractivity contribution in [2.75, 3.05) is 45.9 Å². The number of carbonyl (C=O) groups is 1. The van der Waals surface area contributed by atoms with Crippen LogP contribution < -0.4 is 10.1 Å². The van der Waals surface area contributed by atoms with Gasteiger partial charge in [0.2, 0.25) is 0 Å². The number of carbonyl (C=O) groups excluding carboxylic acids is 1. The summed E-state index contributed by atoms with van der Waals surface area (Å²) in [5.41, 5.74) is 0. The lowest BCUT2D eigenvalue weighted by Gasteiger charge is -2.33. The van der Waals surface area contributed by atoms with Crippen LogP contribution >= 0.6 is 11.6 Å². The number of nitrogens with zero attached hydrogens (tertiary/aromatic N) is 2. The topological polar surface area (TPSA) is 44.8 Å². The minimum Gasteiger partial charge on any atom is -0.490 e. The third kappa shape index (κ3) is 4.74.